The Balaban J connectivity index is 0.000000311. The number of methoxy groups -OCH3 is 1. The number of alkyl halides is 2. The number of hydrogen-bond acceptors (Lipinski definition) is 4. The molecule has 0 amide bonds. The first-order chi connectivity index (χ1) is 15.6. The molecule has 0 aromatic heterocycles. The van der Waals surface area contributed by atoms with Gasteiger partial charge in [-0.3, -0.25) is 0 Å². The Kier molecular flexibility index (Phi) is 11.3. The highest BCUT2D eigenvalue weighted by atomic mass is 19.3. The average molecular weight is 465 g/mol. The molecule has 184 valence electrons. The number of hydrogen-bond donors (Lipinski definition) is 2. The number of rotatable bonds is 7. The van der Waals surface area contributed by atoms with E-state index in [1.54, 1.807) is 34.1 Å². The predicted octanol–water partition coefficient (Wildman–Crippen LogP) is 5.75. The van der Waals surface area contributed by atoms with E-state index in [0.29, 0.717) is 17.4 Å². The highest BCUT2D eigenvalue weighted by molar-refractivity contribution is 5.92. The van der Waals surface area contributed by atoms with E-state index in [1.165, 1.54) is 5.69 Å². The number of ether oxygens (including phenoxy) is 1. The smallest absolute Gasteiger partial charge is 0.337 e. The summed E-state index contributed by atoms with van der Waals surface area (Å²) in [6.07, 6.45) is 3.36. The summed E-state index contributed by atoms with van der Waals surface area (Å²) < 4.78 is 30.9. The van der Waals surface area contributed by atoms with Gasteiger partial charge in [-0.1, -0.05) is 44.7 Å². The van der Waals surface area contributed by atoms with E-state index < -0.39 is 11.9 Å². The van der Waals surface area contributed by atoms with Gasteiger partial charge >= 0.3 is 5.97 Å². The number of anilines is 1. The molecule has 0 spiro atoms. The fraction of sp³-hybridized carbons (Fsp3) is 0.500. The van der Waals surface area contributed by atoms with Crippen LogP contribution in [-0.4, -0.2) is 50.3 Å². The average Bonchev–Trinajstić information content (AvgIpc) is 2.76. The third-order valence-electron chi connectivity index (χ3n) is 5.77. The second-order valence-electron chi connectivity index (χ2n) is 7.82. The normalized spacial score (nSPS) is 18.3. The predicted molar refractivity (Wildman–Crippen MR) is 132 cm³/mol. The van der Waals surface area contributed by atoms with Gasteiger partial charge in [0, 0.05) is 51.5 Å². The monoisotopic (exact) mass is 464 g/mol. The highest BCUT2D eigenvalue weighted by Crippen LogP contribution is 2.47. The van der Waals surface area contributed by atoms with Crippen molar-refractivity contribution in [3.8, 4) is 0 Å². The van der Waals surface area contributed by atoms with E-state index in [1.807, 2.05) is 19.9 Å². The fourth-order valence-electron chi connectivity index (χ4n) is 3.71. The van der Waals surface area contributed by atoms with E-state index in [-0.39, 0.29) is 24.3 Å². The maximum Gasteiger partial charge on any atom is 0.337 e. The number of halogens is 2. The minimum atomic E-state index is -2.64. The van der Waals surface area contributed by atoms with Crippen LogP contribution in [0.25, 0.3) is 6.08 Å². The number of benzene rings is 1. The number of carboxylic acid groups (broad SMARTS) is 1. The van der Waals surface area contributed by atoms with Crippen LogP contribution in [0.15, 0.2) is 53.8 Å². The Labute approximate surface area is 196 Å². The largest absolute Gasteiger partial charge is 0.478 e. The standard InChI is InChI=1S/C12H17F2NO2.C12H15NO.C2H6/c1-4-9(8-5-12(13,14)6-8)10(11(16)17)7(2)15-3;1-3-10-4-6-11(7-5-10)13-8-12(9-13)14-2;1-2/h4,8,15H,5-6H2,1-3H3,(H,16,17);3-7,12H,1,8-9H2,2H3;1-2H3/b9-4-,10-7-;;. The van der Waals surface area contributed by atoms with E-state index in [4.69, 9.17) is 9.84 Å². The van der Waals surface area contributed by atoms with Gasteiger partial charge < -0.3 is 20.1 Å². The molecule has 0 unspecified atom stereocenters. The van der Waals surface area contributed by atoms with Crippen LogP contribution in [0.4, 0.5) is 14.5 Å². The first-order valence-corrected chi connectivity index (χ1v) is 11.3. The summed E-state index contributed by atoms with van der Waals surface area (Å²) in [4.78, 5) is 13.5. The summed E-state index contributed by atoms with van der Waals surface area (Å²) in [5.74, 6) is -4.08. The van der Waals surface area contributed by atoms with Gasteiger partial charge in [0.15, 0.2) is 0 Å². The first kappa shape index (κ1) is 28.4. The number of nitrogens with zero attached hydrogens (tertiary/aromatic N) is 1. The molecule has 1 aliphatic heterocycles. The van der Waals surface area contributed by atoms with Crippen molar-refractivity contribution >= 4 is 17.7 Å². The Morgan fingerprint density at radius 1 is 1.24 bits per heavy atom. The van der Waals surface area contributed by atoms with Crippen LogP contribution in [0.3, 0.4) is 0 Å². The van der Waals surface area contributed by atoms with E-state index in [0.717, 1.165) is 18.7 Å². The molecule has 3 rings (SSSR count). The molecule has 0 bridgehead atoms. The molecule has 2 N–H and O–H groups in total. The molecule has 7 heteroatoms. The summed E-state index contributed by atoms with van der Waals surface area (Å²) in [6.45, 7) is 13.0. The van der Waals surface area contributed by atoms with Crippen LogP contribution in [-0.2, 0) is 9.53 Å². The minimum absolute atomic E-state index is 0.107. The van der Waals surface area contributed by atoms with Gasteiger partial charge in [0.1, 0.15) is 0 Å². The molecule has 2 fully saturated rings. The third-order valence-corrected chi connectivity index (χ3v) is 5.77. The van der Waals surface area contributed by atoms with E-state index in [9.17, 15) is 13.6 Å². The van der Waals surface area contributed by atoms with Crippen LogP contribution >= 0.6 is 0 Å². The maximum absolute atomic E-state index is 12.8. The molecule has 1 heterocycles. The molecule has 1 saturated heterocycles. The number of allylic oxidation sites excluding steroid dienone is 2. The van der Waals surface area contributed by atoms with E-state index >= 15 is 0 Å². The van der Waals surface area contributed by atoms with Crippen molar-refractivity contribution in [2.24, 2.45) is 5.92 Å². The van der Waals surface area contributed by atoms with Crippen LogP contribution in [0, 0.1) is 5.92 Å². The van der Waals surface area contributed by atoms with Crippen molar-refractivity contribution in [3.63, 3.8) is 0 Å². The van der Waals surface area contributed by atoms with Crippen LogP contribution in [0.1, 0.15) is 46.1 Å². The summed E-state index contributed by atoms with van der Waals surface area (Å²) in [5.41, 5.74) is 3.52. The van der Waals surface area contributed by atoms with Crippen molar-refractivity contribution in [3.05, 3.63) is 59.3 Å². The fourth-order valence-corrected chi connectivity index (χ4v) is 3.71. The summed E-state index contributed by atoms with van der Waals surface area (Å²) in [6, 6.07) is 8.43. The lowest BCUT2D eigenvalue weighted by Gasteiger charge is -2.40. The van der Waals surface area contributed by atoms with Crippen molar-refractivity contribution in [2.75, 3.05) is 32.1 Å². The second kappa shape index (κ2) is 13.1. The molecular formula is C26H38F2N2O3. The number of aliphatic carboxylic acids is 1. The number of carboxylic acids is 1. The van der Waals surface area contributed by atoms with Crippen LogP contribution < -0.4 is 10.2 Å². The van der Waals surface area contributed by atoms with Gasteiger partial charge in [0.05, 0.1) is 11.7 Å². The van der Waals surface area contributed by atoms with Crippen molar-refractivity contribution in [1.82, 2.24) is 5.32 Å². The Morgan fingerprint density at radius 3 is 2.15 bits per heavy atom. The van der Waals surface area contributed by atoms with E-state index in [2.05, 4.69) is 41.1 Å². The Hall–Kier alpha value is -2.67. The zero-order valence-corrected chi connectivity index (χ0v) is 20.6. The highest BCUT2D eigenvalue weighted by Gasteiger charge is 2.47. The summed E-state index contributed by atoms with van der Waals surface area (Å²) in [5, 5.41) is 11.9. The number of carbonyl (C=O) groups is 1. The van der Waals surface area contributed by atoms with Gasteiger partial charge in [0.2, 0.25) is 5.92 Å². The van der Waals surface area contributed by atoms with Gasteiger partial charge in [-0.2, -0.15) is 0 Å². The first-order valence-electron chi connectivity index (χ1n) is 11.3. The lowest BCUT2D eigenvalue weighted by molar-refractivity contribution is -0.133. The Bertz CT molecular complexity index is 834. The second-order valence-corrected chi connectivity index (χ2v) is 7.82. The molecule has 0 atom stereocenters. The third kappa shape index (κ3) is 7.70. The lowest BCUT2D eigenvalue weighted by atomic mass is 9.73. The minimum Gasteiger partial charge on any atom is -0.478 e. The zero-order valence-electron chi connectivity index (χ0n) is 20.6. The molecule has 5 nitrogen and oxygen atoms in total. The van der Waals surface area contributed by atoms with Crippen molar-refractivity contribution in [1.29, 1.82) is 0 Å². The maximum atomic E-state index is 12.8. The van der Waals surface area contributed by atoms with Crippen LogP contribution in [0.2, 0.25) is 0 Å². The summed E-state index contributed by atoms with van der Waals surface area (Å²) in [7, 11) is 3.38. The molecule has 2 aliphatic rings. The van der Waals surface area contributed by atoms with Crippen molar-refractivity contribution < 1.29 is 23.4 Å². The molecule has 33 heavy (non-hydrogen) atoms. The molecule has 1 saturated carbocycles. The summed E-state index contributed by atoms with van der Waals surface area (Å²) >= 11 is 0. The quantitative estimate of drug-likeness (QED) is 0.398. The van der Waals surface area contributed by atoms with Gasteiger partial charge in [0.25, 0.3) is 0 Å². The molecule has 1 aromatic rings. The van der Waals surface area contributed by atoms with Gasteiger partial charge in [-0.05, 0) is 43.0 Å². The van der Waals surface area contributed by atoms with Gasteiger partial charge in [-0.15, -0.1) is 0 Å². The van der Waals surface area contributed by atoms with Crippen LogP contribution in [0.5, 0.6) is 0 Å². The molecule has 1 aromatic carbocycles. The molecule has 0 radical (unpaired) electrons. The molecular weight excluding hydrogens is 426 g/mol. The van der Waals surface area contributed by atoms with Crippen molar-refractivity contribution in [2.45, 2.75) is 52.6 Å². The SMILES string of the molecule is C/C=C(\C(C(=O)O)=C(/C)NC)C1CC(F)(F)C1.C=Cc1ccc(N2CC(OC)C2)cc1.CC. The topological polar surface area (TPSA) is 61.8 Å². The molecule has 1 aliphatic carbocycles. The Morgan fingerprint density at radius 2 is 1.79 bits per heavy atom. The van der Waals surface area contributed by atoms with Gasteiger partial charge in [-0.25, -0.2) is 13.6 Å². The number of nitrogens with one attached hydrogen (secondary N) is 1. The zero-order chi connectivity index (χ0) is 25.2. The lowest BCUT2D eigenvalue weighted by Crippen LogP contribution is -2.51.